The third-order valence-electron chi connectivity index (χ3n) is 2.66. The highest BCUT2D eigenvalue weighted by Gasteiger charge is 2.25. The molecule has 0 atom stereocenters. The van der Waals surface area contributed by atoms with Crippen LogP contribution in [0.3, 0.4) is 0 Å². The number of halogens is 5. The summed E-state index contributed by atoms with van der Waals surface area (Å²) in [6.45, 7) is 0. The van der Waals surface area contributed by atoms with E-state index in [4.69, 9.17) is 12.2 Å². The Balaban J connectivity index is 2.23. The molecule has 0 fully saturated rings. The summed E-state index contributed by atoms with van der Waals surface area (Å²) in [6, 6.07) is 8.59. The van der Waals surface area contributed by atoms with Crippen molar-refractivity contribution in [2.75, 3.05) is 0 Å². The average Bonchev–Trinajstić information content (AvgIpc) is 2.51. The van der Waals surface area contributed by atoms with E-state index in [0.717, 1.165) is 11.8 Å². The second-order valence-electron chi connectivity index (χ2n) is 3.99. The van der Waals surface area contributed by atoms with Crippen molar-refractivity contribution in [2.45, 2.75) is 5.75 Å². The van der Waals surface area contributed by atoms with Crippen molar-refractivity contribution in [3.8, 4) is 0 Å². The molecule has 0 heterocycles. The molecule has 0 spiro atoms. The van der Waals surface area contributed by atoms with E-state index in [0.29, 0.717) is 9.76 Å². The first kappa shape index (κ1) is 15.9. The fourth-order valence-corrected chi connectivity index (χ4v) is 2.72. The van der Waals surface area contributed by atoms with Crippen molar-refractivity contribution < 1.29 is 22.0 Å². The number of thiocarbonyl (C=S) groups is 1. The molecular weight excluding hydrogens is 327 g/mol. The van der Waals surface area contributed by atoms with E-state index in [2.05, 4.69) is 0 Å². The molecular formula is C14H7F5S2. The lowest BCUT2D eigenvalue weighted by atomic mass is 10.2. The van der Waals surface area contributed by atoms with Crippen molar-refractivity contribution in [3.63, 3.8) is 0 Å². The first-order valence-electron chi connectivity index (χ1n) is 5.66. The van der Waals surface area contributed by atoms with Crippen LogP contribution in [-0.4, -0.2) is 4.20 Å². The monoisotopic (exact) mass is 334 g/mol. The van der Waals surface area contributed by atoms with Gasteiger partial charge in [-0.3, -0.25) is 0 Å². The van der Waals surface area contributed by atoms with Crippen LogP contribution in [-0.2, 0) is 5.75 Å². The van der Waals surface area contributed by atoms with E-state index in [1.54, 1.807) is 30.3 Å². The molecule has 0 saturated heterocycles. The second kappa shape index (κ2) is 6.53. The van der Waals surface area contributed by atoms with Crippen molar-refractivity contribution in [1.82, 2.24) is 0 Å². The van der Waals surface area contributed by atoms with Crippen LogP contribution in [0.15, 0.2) is 30.3 Å². The Kier molecular flexibility index (Phi) is 4.95. The highest BCUT2D eigenvalue weighted by Crippen LogP contribution is 2.27. The minimum atomic E-state index is -2.16. The molecule has 0 aliphatic rings. The van der Waals surface area contributed by atoms with Gasteiger partial charge < -0.3 is 0 Å². The van der Waals surface area contributed by atoms with E-state index in [9.17, 15) is 22.0 Å². The van der Waals surface area contributed by atoms with E-state index < -0.39 is 40.4 Å². The molecule has 2 aromatic carbocycles. The van der Waals surface area contributed by atoms with Crippen LogP contribution in [0.25, 0.3) is 0 Å². The van der Waals surface area contributed by atoms with Crippen molar-refractivity contribution >= 4 is 28.2 Å². The summed E-state index contributed by atoms with van der Waals surface area (Å²) in [5.74, 6) is -10.2. The molecule has 0 aliphatic carbocycles. The molecule has 0 saturated carbocycles. The first-order chi connectivity index (χ1) is 9.93. The summed E-state index contributed by atoms with van der Waals surface area (Å²) >= 11 is 5.88. The summed E-state index contributed by atoms with van der Waals surface area (Å²) in [5.41, 5.74) is -0.240. The topological polar surface area (TPSA) is 0 Å². The summed E-state index contributed by atoms with van der Waals surface area (Å²) in [4.78, 5) is 0. The van der Waals surface area contributed by atoms with Crippen molar-refractivity contribution in [2.24, 2.45) is 0 Å². The van der Waals surface area contributed by atoms with Gasteiger partial charge >= 0.3 is 0 Å². The van der Waals surface area contributed by atoms with Crippen molar-refractivity contribution in [3.05, 3.63) is 70.5 Å². The van der Waals surface area contributed by atoms with Crippen LogP contribution >= 0.6 is 24.0 Å². The fourth-order valence-electron chi connectivity index (χ4n) is 1.57. The Hall–Kier alpha value is -1.47. The number of benzene rings is 2. The first-order valence-corrected chi connectivity index (χ1v) is 7.05. The third kappa shape index (κ3) is 3.24. The quantitative estimate of drug-likeness (QED) is 0.336. The number of rotatable bonds is 3. The molecule has 0 radical (unpaired) electrons. The predicted molar refractivity (Wildman–Crippen MR) is 75.7 cm³/mol. The van der Waals surface area contributed by atoms with Gasteiger partial charge in [0.2, 0.25) is 5.82 Å². The molecule has 7 heteroatoms. The average molecular weight is 334 g/mol. The summed E-state index contributed by atoms with van der Waals surface area (Å²) in [7, 11) is 0. The number of hydrogen-bond donors (Lipinski definition) is 0. The minimum Gasteiger partial charge on any atom is -0.203 e. The molecule has 0 aliphatic heterocycles. The van der Waals surface area contributed by atoms with Gasteiger partial charge in [0.15, 0.2) is 23.3 Å². The zero-order chi connectivity index (χ0) is 15.6. The Labute approximate surface area is 127 Å². The van der Waals surface area contributed by atoms with Gasteiger partial charge in [-0.25, -0.2) is 22.0 Å². The molecule has 0 nitrogen and oxygen atoms in total. The Morgan fingerprint density at radius 1 is 0.810 bits per heavy atom. The molecule has 0 bridgehead atoms. The van der Waals surface area contributed by atoms with Gasteiger partial charge in [-0.15, -0.1) is 11.8 Å². The second-order valence-corrected chi connectivity index (χ2v) is 5.64. The smallest absolute Gasteiger partial charge is 0.200 e. The van der Waals surface area contributed by atoms with Crippen LogP contribution in [0.4, 0.5) is 22.0 Å². The number of thioether (sulfide) groups is 1. The van der Waals surface area contributed by atoms with Crippen LogP contribution in [0, 0.1) is 29.1 Å². The molecule has 0 N–H and O–H groups in total. The lowest BCUT2D eigenvalue weighted by Crippen LogP contribution is -2.07. The molecule has 2 aromatic rings. The number of hydrogen-bond acceptors (Lipinski definition) is 2. The zero-order valence-corrected chi connectivity index (χ0v) is 11.9. The summed E-state index contributed by atoms with van der Waals surface area (Å²) in [6.07, 6.45) is 0. The fraction of sp³-hybridized carbons (Fsp3) is 0.0714. The van der Waals surface area contributed by atoms with E-state index in [1.807, 2.05) is 0 Å². The van der Waals surface area contributed by atoms with E-state index in [1.165, 1.54) is 0 Å². The molecule has 0 unspecified atom stereocenters. The van der Waals surface area contributed by atoms with E-state index in [-0.39, 0.29) is 0 Å². The van der Waals surface area contributed by atoms with Crippen LogP contribution in [0.5, 0.6) is 0 Å². The molecule has 110 valence electrons. The predicted octanol–water partition coefficient (Wildman–Crippen LogP) is 4.99. The summed E-state index contributed by atoms with van der Waals surface area (Å²) < 4.78 is 66.3. The molecule has 0 aromatic heterocycles. The minimum absolute atomic E-state index is 0.305. The maximum Gasteiger partial charge on any atom is 0.200 e. The lowest BCUT2D eigenvalue weighted by molar-refractivity contribution is 0.372. The molecule has 2 rings (SSSR count). The van der Waals surface area contributed by atoms with Gasteiger partial charge in [-0.05, 0) is 5.56 Å². The standard InChI is InChI=1S/C14H7F5S2/c15-9-8(10(16)12(18)13(19)11(9)17)6-21-14(20)7-4-2-1-3-5-7/h1-5H,6H2. The summed E-state index contributed by atoms with van der Waals surface area (Å²) in [5, 5.41) is 0. The normalized spacial score (nSPS) is 10.7. The SMILES string of the molecule is Fc1c(F)c(F)c(CSC(=S)c2ccccc2)c(F)c1F. The lowest BCUT2D eigenvalue weighted by Gasteiger charge is -2.08. The van der Waals surface area contributed by atoms with Gasteiger partial charge in [0.1, 0.15) is 0 Å². The third-order valence-corrected chi connectivity index (χ3v) is 4.18. The highest BCUT2D eigenvalue weighted by atomic mass is 32.2. The molecule has 21 heavy (non-hydrogen) atoms. The van der Waals surface area contributed by atoms with Gasteiger partial charge in [0, 0.05) is 11.3 Å². The van der Waals surface area contributed by atoms with Crippen molar-refractivity contribution in [1.29, 1.82) is 0 Å². The van der Waals surface area contributed by atoms with Crippen LogP contribution in [0.1, 0.15) is 11.1 Å². The van der Waals surface area contributed by atoms with E-state index >= 15 is 0 Å². The maximum absolute atomic E-state index is 13.5. The zero-order valence-electron chi connectivity index (χ0n) is 10.3. The van der Waals surface area contributed by atoms with Gasteiger partial charge in [-0.1, -0.05) is 42.5 Å². The Morgan fingerprint density at radius 2 is 1.29 bits per heavy atom. The molecule has 0 amide bonds. The Morgan fingerprint density at radius 3 is 1.81 bits per heavy atom. The largest absolute Gasteiger partial charge is 0.203 e. The van der Waals surface area contributed by atoms with Gasteiger partial charge in [0.25, 0.3) is 0 Å². The Bertz CT molecular complexity index is 657. The highest BCUT2D eigenvalue weighted by molar-refractivity contribution is 8.23. The maximum atomic E-state index is 13.5. The van der Waals surface area contributed by atoms with Gasteiger partial charge in [0.05, 0.1) is 4.20 Å². The van der Waals surface area contributed by atoms with Crippen LogP contribution in [0.2, 0.25) is 0 Å². The van der Waals surface area contributed by atoms with Crippen LogP contribution < -0.4 is 0 Å². The van der Waals surface area contributed by atoms with Gasteiger partial charge in [-0.2, -0.15) is 0 Å².